The Labute approximate surface area is 128 Å². The van der Waals surface area contributed by atoms with E-state index >= 15 is 0 Å². The fourth-order valence-electron chi connectivity index (χ4n) is 3.49. The predicted molar refractivity (Wildman–Crippen MR) is 90.6 cm³/mol. The molecule has 0 aliphatic heterocycles. The number of nitrogens with zero attached hydrogens (tertiary/aromatic N) is 1. The maximum atomic E-state index is 4.54. The van der Waals surface area contributed by atoms with Crippen LogP contribution in [-0.4, -0.2) is 11.0 Å². The molecule has 1 N–H and O–H groups in total. The number of pyridine rings is 1. The lowest BCUT2D eigenvalue weighted by molar-refractivity contribution is 0.173. The lowest BCUT2D eigenvalue weighted by atomic mass is 9.71. The van der Waals surface area contributed by atoms with Crippen molar-refractivity contribution in [3.63, 3.8) is 0 Å². The Bertz CT molecular complexity index is 604. The zero-order chi connectivity index (χ0) is 14.9. The van der Waals surface area contributed by atoms with Gasteiger partial charge in [0.2, 0.25) is 0 Å². The summed E-state index contributed by atoms with van der Waals surface area (Å²) in [7, 11) is 0. The van der Waals surface area contributed by atoms with Gasteiger partial charge >= 0.3 is 0 Å². The summed E-state index contributed by atoms with van der Waals surface area (Å²) in [4.78, 5) is 4.54. The molecule has 2 nitrogen and oxygen atoms in total. The first-order valence-electron chi connectivity index (χ1n) is 8.14. The van der Waals surface area contributed by atoms with Gasteiger partial charge < -0.3 is 5.32 Å². The Hall–Kier alpha value is -1.57. The summed E-state index contributed by atoms with van der Waals surface area (Å²) in [5.74, 6) is 0.866. The maximum absolute atomic E-state index is 4.54. The number of hydrogen-bond donors (Lipinski definition) is 1. The Kier molecular flexibility index (Phi) is 3.88. The van der Waals surface area contributed by atoms with E-state index in [1.165, 1.54) is 31.1 Å². The van der Waals surface area contributed by atoms with E-state index in [9.17, 15) is 0 Å². The summed E-state index contributed by atoms with van der Waals surface area (Å²) >= 11 is 0. The number of fused-ring (bicyclic) bond motifs is 1. The van der Waals surface area contributed by atoms with Crippen molar-refractivity contribution in [3.8, 4) is 0 Å². The van der Waals surface area contributed by atoms with Crippen molar-refractivity contribution in [2.75, 3.05) is 5.32 Å². The zero-order valence-electron chi connectivity index (χ0n) is 13.4. The highest BCUT2D eigenvalue weighted by Gasteiger charge is 2.29. The van der Waals surface area contributed by atoms with Crippen LogP contribution >= 0.6 is 0 Å². The molecule has 0 atom stereocenters. The molecule has 0 unspecified atom stereocenters. The highest BCUT2D eigenvalue weighted by molar-refractivity contribution is 5.81. The molecule has 0 saturated heterocycles. The molecule has 1 heterocycles. The van der Waals surface area contributed by atoms with Gasteiger partial charge in [-0.15, -0.1) is 0 Å². The minimum atomic E-state index is 0.454. The van der Waals surface area contributed by atoms with Crippen molar-refractivity contribution in [3.05, 3.63) is 36.5 Å². The monoisotopic (exact) mass is 282 g/mol. The van der Waals surface area contributed by atoms with E-state index in [-0.39, 0.29) is 0 Å². The highest BCUT2D eigenvalue weighted by atomic mass is 14.9. The third kappa shape index (κ3) is 3.37. The van der Waals surface area contributed by atoms with E-state index < -0.39 is 0 Å². The number of aromatic nitrogens is 1. The lowest BCUT2D eigenvalue weighted by Gasteiger charge is -2.37. The van der Waals surface area contributed by atoms with Crippen molar-refractivity contribution in [1.29, 1.82) is 0 Å². The van der Waals surface area contributed by atoms with E-state index in [4.69, 9.17) is 0 Å². The van der Waals surface area contributed by atoms with E-state index in [1.807, 2.05) is 12.3 Å². The SMILES string of the molecule is CC(C)(C)C1CCC(Nc2cnc3ccccc3c2)CC1. The number of nitrogens with one attached hydrogen (secondary N) is 1. The zero-order valence-corrected chi connectivity index (χ0v) is 13.4. The van der Waals surface area contributed by atoms with Gasteiger partial charge in [-0.3, -0.25) is 4.98 Å². The third-order valence-electron chi connectivity index (χ3n) is 4.91. The summed E-state index contributed by atoms with van der Waals surface area (Å²) in [6, 6.07) is 11.1. The van der Waals surface area contributed by atoms with Crippen molar-refractivity contribution in [1.82, 2.24) is 4.98 Å². The largest absolute Gasteiger partial charge is 0.381 e. The molecule has 1 aliphatic carbocycles. The summed E-state index contributed by atoms with van der Waals surface area (Å²) < 4.78 is 0. The smallest absolute Gasteiger partial charge is 0.0703 e. The molecule has 0 spiro atoms. The number of rotatable bonds is 2. The predicted octanol–water partition coefficient (Wildman–Crippen LogP) is 5.25. The van der Waals surface area contributed by atoms with Crippen LogP contribution in [0.4, 0.5) is 5.69 Å². The number of hydrogen-bond acceptors (Lipinski definition) is 2. The summed E-state index contributed by atoms with van der Waals surface area (Å²) in [5.41, 5.74) is 2.68. The fraction of sp³-hybridized carbons (Fsp3) is 0.526. The molecule has 3 rings (SSSR count). The first-order valence-corrected chi connectivity index (χ1v) is 8.14. The molecule has 2 heteroatoms. The van der Waals surface area contributed by atoms with Gasteiger partial charge in [-0.2, -0.15) is 0 Å². The minimum absolute atomic E-state index is 0.454. The molecule has 1 aromatic heterocycles. The molecule has 21 heavy (non-hydrogen) atoms. The normalized spacial score (nSPS) is 23.2. The van der Waals surface area contributed by atoms with Crippen LogP contribution < -0.4 is 5.32 Å². The van der Waals surface area contributed by atoms with Gasteiger partial charge in [0.1, 0.15) is 0 Å². The molecule has 2 aromatic rings. The van der Waals surface area contributed by atoms with Gasteiger partial charge in [0, 0.05) is 11.4 Å². The quantitative estimate of drug-likeness (QED) is 0.813. The lowest BCUT2D eigenvalue weighted by Crippen LogP contribution is -2.31. The molecular weight excluding hydrogens is 256 g/mol. The molecule has 1 fully saturated rings. The van der Waals surface area contributed by atoms with Crippen molar-refractivity contribution in [2.45, 2.75) is 52.5 Å². The van der Waals surface area contributed by atoms with E-state index in [0.717, 1.165) is 17.1 Å². The molecule has 1 aliphatic rings. The topological polar surface area (TPSA) is 24.9 Å². The molecule has 1 aromatic carbocycles. The van der Waals surface area contributed by atoms with Gasteiger partial charge in [-0.1, -0.05) is 39.0 Å². The van der Waals surface area contributed by atoms with E-state index in [2.05, 4.69) is 55.3 Å². The van der Waals surface area contributed by atoms with Crippen LogP contribution in [0.3, 0.4) is 0 Å². The van der Waals surface area contributed by atoms with Crippen LogP contribution in [0.1, 0.15) is 46.5 Å². The van der Waals surface area contributed by atoms with Crippen molar-refractivity contribution < 1.29 is 0 Å². The average Bonchev–Trinajstić information content (AvgIpc) is 2.47. The molecule has 0 radical (unpaired) electrons. The number of anilines is 1. The Balaban J connectivity index is 1.64. The number of benzene rings is 1. The van der Waals surface area contributed by atoms with E-state index in [1.54, 1.807) is 0 Å². The van der Waals surface area contributed by atoms with Gasteiger partial charge in [-0.25, -0.2) is 0 Å². The van der Waals surface area contributed by atoms with Crippen molar-refractivity contribution >= 4 is 16.6 Å². The first-order chi connectivity index (χ1) is 10.0. The Morgan fingerprint density at radius 2 is 1.76 bits per heavy atom. The van der Waals surface area contributed by atoms with Crippen LogP contribution in [0.25, 0.3) is 10.9 Å². The summed E-state index contributed by atoms with van der Waals surface area (Å²) in [6.45, 7) is 7.12. The van der Waals surface area contributed by atoms with Crippen LogP contribution in [0.5, 0.6) is 0 Å². The van der Waals surface area contributed by atoms with Crippen LogP contribution in [0.2, 0.25) is 0 Å². The highest BCUT2D eigenvalue weighted by Crippen LogP contribution is 2.38. The van der Waals surface area contributed by atoms with Gasteiger partial charge in [0.05, 0.1) is 17.4 Å². The van der Waals surface area contributed by atoms with Crippen LogP contribution in [0.15, 0.2) is 36.5 Å². The Morgan fingerprint density at radius 3 is 2.48 bits per heavy atom. The minimum Gasteiger partial charge on any atom is -0.381 e. The van der Waals surface area contributed by atoms with Crippen molar-refractivity contribution in [2.24, 2.45) is 11.3 Å². The second kappa shape index (κ2) is 5.67. The van der Waals surface area contributed by atoms with Crippen LogP contribution in [-0.2, 0) is 0 Å². The van der Waals surface area contributed by atoms with Gasteiger partial charge in [-0.05, 0) is 49.1 Å². The van der Waals surface area contributed by atoms with Gasteiger partial charge in [0.15, 0.2) is 0 Å². The molecule has 1 saturated carbocycles. The second-order valence-corrected chi connectivity index (χ2v) is 7.48. The fourth-order valence-corrected chi connectivity index (χ4v) is 3.49. The molecular formula is C19H26N2. The van der Waals surface area contributed by atoms with Crippen LogP contribution in [0, 0.1) is 11.3 Å². The average molecular weight is 282 g/mol. The summed E-state index contributed by atoms with van der Waals surface area (Å²) in [5, 5.41) is 4.90. The molecule has 112 valence electrons. The van der Waals surface area contributed by atoms with Gasteiger partial charge in [0.25, 0.3) is 0 Å². The molecule has 0 bridgehead atoms. The van der Waals surface area contributed by atoms with E-state index in [0.29, 0.717) is 11.5 Å². The molecule has 0 amide bonds. The maximum Gasteiger partial charge on any atom is 0.0703 e. The first kappa shape index (κ1) is 14.4. The number of para-hydroxylation sites is 1. The summed E-state index contributed by atoms with van der Waals surface area (Å²) in [6.07, 6.45) is 7.19. The third-order valence-corrected chi connectivity index (χ3v) is 4.91. The standard InChI is InChI=1S/C19H26N2/c1-19(2,3)15-8-10-16(11-9-15)21-17-12-14-6-4-5-7-18(14)20-13-17/h4-7,12-13,15-16,21H,8-11H2,1-3H3. The second-order valence-electron chi connectivity index (χ2n) is 7.48. The Morgan fingerprint density at radius 1 is 1.05 bits per heavy atom.